The number of hydrogen-bond donors (Lipinski definition) is 1. The van der Waals surface area contributed by atoms with Gasteiger partial charge in [-0.15, -0.1) is 22.7 Å². The molecule has 1 aliphatic carbocycles. The lowest BCUT2D eigenvalue weighted by Crippen LogP contribution is -2.38. The van der Waals surface area contributed by atoms with Gasteiger partial charge in [-0.05, 0) is 65.8 Å². The molecular weight excluding hydrogens is 859 g/mol. The standard InChI is InChI=1S/C32H25N3O3S.C18H10N4O3S/c1-38-23-14-12-20(13-15-23)19-34-27-16-29(26-11-5-8-21-7-4-10-24(21)26)39-30(27)31(36)35(32(34)37)28-18-33-17-22-6-2-3-9-25(22)28;23-17-15-12(7-14(26-15)16-20-5-6-25-16)21-18(24)22(17)13-9-19-8-10-3-1-2-4-11(10)13/h2-3,5-6,8-9,11-18H,4,7,10,19H2,1H3;1-9H,(H,21,24). The summed E-state index contributed by atoms with van der Waals surface area (Å²) in [6.45, 7) is 0.320. The van der Waals surface area contributed by atoms with Crippen LogP contribution in [0.4, 0.5) is 0 Å². The van der Waals surface area contributed by atoms with E-state index in [1.165, 1.54) is 57.0 Å². The number of rotatable bonds is 7. The van der Waals surface area contributed by atoms with Crippen LogP contribution < -0.4 is 27.2 Å². The van der Waals surface area contributed by atoms with E-state index in [1.807, 2.05) is 78.9 Å². The number of ether oxygens (including phenoxy) is 1. The van der Waals surface area contributed by atoms with Crippen molar-refractivity contribution in [3.8, 4) is 38.3 Å². The van der Waals surface area contributed by atoms with Crippen LogP contribution in [0.5, 0.6) is 5.75 Å². The van der Waals surface area contributed by atoms with Crippen molar-refractivity contribution in [1.82, 2.24) is 33.6 Å². The average Bonchev–Trinajstić information content (AvgIpc) is 4.19. The van der Waals surface area contributed by atoms with Crippen molar-refractivity contribution >= 4 is 64.7 Å². The van der Waals surface area contributed by atoms with Gasteiger partial charge in [-0.2, -0.15) is 0 Å². The van der Waals surface area contributed by atoms with Gasteiger partial charge in [0, 0.05) is 38.8 Å². The summed E-state index contributed by atoms with van der Waals surface area (Å²) in [6.07, 6.45) is 12.8. The number of nitrogens with one attached hydrogen (secondary N) is 1. The summed E-state index contributed by atoms with van der Waals surface area (Å²) in [4.78, 5) is 71.0. The highest BCUT2D eigenvalue weighted by Gasteiger charge is 2.23. The lowest BCUT2D eigenvalue weighted by molar-refractivity contribution is 0.414. The van der Waals surface area contributed by atoms with Gasteiger partial charge in [-0.3, -0.25) is 24.1 Å². The van der Waals surface area contributed by atoms with Gasteiger partial charge in [0.2, 0.25) is 5.89 Å². The number of methoxy groups -OCH3 is 1. The fraction of sp³-hybridized carbons (Fsp3) is 0.100. The van der Waals surface area contributed by atoms with Gasteiger partial charge >= 0.3 is 11.4 Å². The molecule has 65 heavy (non-hydrogen) atoms. The van der Waals surface area contributed by atoms with Crippen LogP contribution in [0.2, 0.25) is 0 Å². The molecule has 15 heteroatoms. The molecule has 7 aromatic heterocycles. The Hall–Kier alpha value is -8.01. The Kier molecular flexibility index (Phi) is 9.97. The number of pyridine rings is 2. The van der Waals surface area contributed by atoms with E-state index in [-0.39, 0.29) is 11.2 Å². The van der Waals surface area contributed by atoms with E-state index >= 15 is 0 Å². The fourth-order valence-electron chi connectivity index (χ4n) is 8.64. The fourth-order valence-corrected chi connectivity index (χ4v) is 10.8. The lowest BCUT2D eigenvalue weighted by Gasteiger charge is -2.14. The van der Waals surface area contributed by atoms with Crippen LogP contribution in [0.15, 0.2) is 164 Å². The molecular formula is C50H35N7O6S2. The molecule has 4 aromatic carbocycles. The topological polar surface area (TPSA) is 160 Å². The number of hydrogen-bond acceptors (Lipinski definition) is 11. The molecule has 1 N–H and O–H groups in total. The number of H-pyrrole nitrogens is 1. The van der Waals surface area contributed by atoms with E-state index in [4.69, 9.17) is 9.15 Å². The summed E-state index contributed by atoms with van der Waals surface area (Å²) in [5.74, 6) is 1.16. The van der Waals surface area contributed by atoms with Gasteiger partial charge in [0.1, 0.15) is 21.4 Å². The van der Waals surface area contributed by atoms with Crippen molar-refractivity contribution in [2.45, 2.75) is 25.8 Å². The molecule has 0 spiro atoms. The predicted octanol–water partition coefficient (Wildman–Crippen LogP) is 8.92. The molecule has 0 atom stereocenters. The quantitative estimate of drug-likeness (QED) is 0.165. The number of nitrogens with zero attached hydrogens (tertiary/aromatic N) is 6. The molecule has 0 amide bonds. The minimum Gasteiger partial charge on any atom is -0.497 e. The molecule has 1 aliphatic rings. The minimum absolute atomic E-state index is 0.317. The largest absolute Gasteiger partial charge is 0.497 e. The first-order valence-electron chi connectivity index (χ1n) is 20.7. The van der Waals surface area contributed by atoms with Gasteiger partial charge in [-0.25, -0.2) is 23.7 Å². The zero-order valence-corrected chi connectivity index (χ0v) is 36.2. The highest BCUT2D eigenvalue weighted by molar-refractivity contribution is 7.22. The van der Waals surface area contributed by atoms with Crippen molar-refractivity contribution in [1.29, 1.82) is 0 Å². The van der Waals surface area contributed by atoms with Gasteiger partial charge in [0.05, 0.1) is 59.5 Å². The molecule has 0 radical (unpaired) electrons. The lowest BCUT2D eigenvalue weighted by atomic mass is 10.0. The van der Waals surface area contributed by atoms with Crippen molar-refractivity contribution in [3.05, 3.63) is 199 Å². The van der Waals surface area contributed by atoms with E-state index in [1.54, 1.807) is 36.3 Å². The molecule has 0 fully saturated rings. The first-order chi connectivity index (χ1) is 31.8. The monoisotopic (exact) mass is 893 g/mol. The Morgan fingerprint density at radius 2 is 1.42 bits per heavy atom. The molecule has 0 bridgehead atoms. The Labute approximate surface area is 375 Å². The van der Waals surface area contributed by atoms with Crippen LogP contribution in [-0.4, -0.2) is 40.7 Å². The third-order valence-electron chi connectivity index (χ3n) is 11.7. The molecule has 13 nitrogen and oxygen atoms in total. The second kappa shape index (κ2) is 16.3. The molecule has 12 rings (SSSR count). The summed E-state index contributed by atoms with van der Waals surface area (Å²) in [7, 11) is 1.63. The van der Waals surface area contributed by atoms with Crippen molar-refractivity contribution in [2.75, 3.05) is 7.11 Å². The number of aromatic nitrogens is 7. The van der Waals surface area contributed by atoms with E-state index < -0.39 is 11.2 Å². The SMILES string of the molecule is COc1ccc(Cn2c(=O)n(-c3cncc4ccccc34)c(=O)c3sc(-c4cccc5c4CCC5)cc32)cc1.O=c1[nH]c2cc(-c3ncco3)sc2c(=O)n1-c1cncc2ccccc12. The second-order valence-electron chi connectivity index (χ2n) is 15.5. The smallest absolute Gasteiger partial charge is 0.336 e. The molecule has 7 heterocycles. The third kappa shape index (κ3) is 6.97. The van der Waals surface area contributed by atoms with Gasteiger partial charge in [0.25, 0.3) is 11.1 Å². The van der Waals surface area contributed by atoms with Crippen LogP contribution in [0, 0.1) is 0 Å². The van der Waals surface area contributed by atoms with Gasteiger partial charge in [-0.1, -0.05) is 78.9 Å². The Morgan fingerprint density at radius 3 is 2.12 bits per heavy atom. The number of oxazole rings is 1. The van der Waals surface area contributed by atoms with E-state index in [0.29, 0.717) is 49.1 Å². The van der Waals surface area contributed by atoms with Crippen LogP contribution in [-0.2, 0) is 19.4 Å². The van der Waals surface area contributed by atoms with E-state index in [0.717, 1.165) is 67.1 Å². The second-order valence-corrected chi connectivity index (χ2v) is 17.6. The first-order valence-corrected chi connectivity index (χ1v) is 22.4. The minimum atomic E-state index is -0.516. The van der Waals surface area contributed by atoms with Crippen molar-refractivity contribution in [2.24, 2.45) is 0 Å². The maximum Gasteiger partial charge on any atom is 0.336 e. The average molecular weight is 894 g/mol. The maximum atomic E-state index is 14.2. The third-order valence-corrected chi connectivity index (χ3v) is 14.0. The Morgan fingerprint density at radius 1 is 0.723 bits per heavy atom. The van der Waals surface area contributed by atoms with Crippen LogP contribution in [0.25, 0.3) is 74.6 Å². The van der Waals surface area contributed by atoms with E-state index in [9.17, 15) is 19.2 Å². The van der Waals surface area contributed by atoms with Crippen molar-refractivity contribution < 1.29 is 9.15 Å². The number of fused-ring (bicyclic) bond motifs is 5. The summed E-state index contributed by atoms with van der Waals surface area (Å²) in [5, 5.41) is 3.30. The molecule has 0 aliphatic heterocycles. The Balaban J connectivity index is 0.000000156. The number of aromatic amines is 1. The first kappa shape index (κ1) is 39.8. The summed E-state index contributed by atoms with van der Waals surface area (Å²) < 4.78 is 15.7. The highest BCUT2D eigenvalue weighted by atomic mass is 32.1. The predicted molar refractivity (Wildman–Crippen MR) is 255 cm³/mol. The van der Waals surface area contributed by atoms with Gasteiger partial charge < -0.3 is 14.1 Å². The summed E-state index contributed by atoms with van der Waals surface area (Å²) in [5.41, 5.74) is 5.26. The molecule has 0 saturated heterocycles. The Bertz CT molecular complexity index is 3870. The van der Waals surface area contributed by atoms with Crippen LogP contribution in [0.1, 0.15) is 23.1 Å². The molecule has 0 unspecified atom stereocenters. The zero-order chi connectivity index (χ0) is 44.2. The zero-order valence-electron chi connectivity index (χ0n) is 34.6. The molecule has 318 valence electrons. The molecule has 0 saturated carbocycles. The number of benzene rings is 4. The van der Waals surface area contributed by atoms with Gasteiger partial charge in [0.15, 0.2) is 0 Å². The normalized spacial score (nSPS) is 12.2. The molecule has 11 aromatic rings. The van der Waals surface area contributed by atoms with Crippen LogP contribution in [0.3, 0.4) is 0 Å². The van der Waals surface area contributed by atoms with E-state index in [2.05, 4.69) is 38.1 Å². The number of aryl methyl sites for hydroxylation is 1. The number of thiophene rings is 2. The highest BCUT2D eigenvalue weighted by Crippen LogP contribution is 2.38. The maximum absolute atomic E-state index is 14.2. The van der Waals surface area contributed by atoms with Crippen molar-refractivity contribution in [3.63, 3.8) is 0 Å². The summed E-state index contributed by atoms with van der Waals surface area (Å²) >= 11 is 2.69. The van der Waals surface area contributed by atoms with Crippen LogP contribution >= 0.6 is 22.7 Å². The summed E-state index contributed by atoms with van der Waals surface area (Å²) in [6, 6.07) is 33.0.